The van der Waals surface area contributed by atoms with E-state index in [-0.39, 0.29) is 0 Å². The summed E-state index contributed by atoms with van der Waals surface area (Å²) >= 11 is 0. The Labute approximate surface area is 83.4 Å². The molecule has 2 rings (SSSR count). The molecule has 1 fully saturated rings. The molecule has 0 radical (unpaired) electrons. The van der Waals surface area contributed by atoms with Gasteiger partial charge in [0.1, 0.15) is 5.82 Å². The highest BCUT2D eigenvalue weighted by atomic mass is 16.5. The smallest absolute Gasteiger partial charge is 0.144 e. The molecule has 1 atom stereocenters. The van der Waals surface area contributed by atoms with Crippen LogP contribution in [0.4, 0.5) is 5.82 Å². The summed E-state index contributed by atoms with van der Waals surface area (Å²) in [4.78, 5) is 0. The summed E-state index contributed by atoms with van der Waals surface area (Å²) in [6.07, 6.45) is 5.65. The van der Waals surface area contributed by atoms with Crippen LogP contribution in [0.5, 0.6) is 0 Å². The van der Waals surface area contributed by atoms with Crippen molar-refractivity contribution in [3.63, 3.8) is 0 Å². The number of aryl methyl sites for hydroxylation is 1. The van der Waals surface area contributed by atoms with Gasteiger partial charge in [-0.3, -0.25) is 0 Å². The first-order valence-corrected chi connectivity index (χ1v) is 5.06. The van der Waals surface area contributed by atoms with Gasteiger partial charge in [0, 0.05) is 20.2 Å². The average molecular weight is 196 g/mol. The molecule has 2 heterocycles. The Bertz CT molecular complexity index is 280. The quantitative estimate of drug-likeness (QED) is 0.773. The molecule has 1 aromatic heterocycles. The molecule has 14 heavy (non-hydrogen) atoms. The average Bonchev–Trinajstić information content (AvgIpc) is 2.78. The van der Waals surface area contributed by atoms with Crippen LogP contribution in [0.2, 0.25) is 0 Å². The third kappa shape index (κ3) is 2.23. The molecule has 0 spiro atoms. The zero-order valence-electron chi connectivity index (χ0n) is 8.44. The fraction of sp³-hybridized carbons (Fsp3) is 0.778. The van der Waals surface area contributed by atoms with Crippen molar-refractivity contribution in [3.05, 3.63) is 6.20 Å². The van der Waals surface area contributed by atoms with Crippen LogP contribution in [0.1, 0.15) is 19.3 Å². The normalized spacial score (nSPS) is 21.4. The van der Waals surface area contributed by atoms with E-state index >= 15 is 0 Å². The number of aromatic nitrogens is 3. The molecule has 5 nitrogen and oxygen atoms in total. The van der Waals surface area contributed by atoms with Crippen molar-refractivity contribution in [3.8, 4) is 0 Å². The van der Waals surface area contributed by atoms with E-state index in [1.807, 2.05) is 7.05 Å². The van der Waals surface area contributed by atoms with Gasteiger partial charge in [0.05, 0.1) is 12.3 Å². The van der Waals surface area contributed by atoms with E-state index in [2.05, 4.69) is 15.6 Å². The summed E-state index contributed by atoms with van der Waals surface area (Å²) in [5.41, 5.74) is 0. The zero-order valence-corrected chi connectivity index (χ0v) is 8.44. The fourth-order valence-electron chi connectivity index (χ4n) is 1.68. The second kappa shape index (κ2) is 4.41. The number of hydrogen-bond donors (Lipinski definition) is 1. The Balaban J connectivity index is 1.70. The summed E-state index contributed by atoms with van der Waals surface area (Å²) in [5.74, 6) is 0.961. The molecule has 0 aromatic carbocycles. The second-order valence-electron chi connectivity index (χ2n) is 3.59. The Morgan fingerprint density at radius 2 is 2.64 bits per heavy atom. The summed E-state index contributed by atoms with van der Waals surface area (Å²) in [6.45, 7) is 1.85. The molecule has 0 saturated carbocycles. The van der Waals surface area contributed by atoms with Crippen LogP contribution in [0.25, 0.3) is 0 Å². The predicted octanol–water partition coefficient (Wildman–Crippen LogP) is 0.796. The minimum atomic E-state index is 0.448. The van der Waals surface area contributed by atoms with Crippen LogP contribution in [0.15, 0.2) is 6.20 Å². The van der Waals surface area contributed by atoms with E-state index in [0.29, 0.717) is 6.10 Å². The number of rotatable bonds is 4. The third-order valence-corrected chi connectivity index (χ3v) is 2.51. The first-order valence-electron chi connectivity index (χ1n) is 5.06. The predicted molar refractivity (Wildman–Crippen MR) is 53.1 cm³/mol. The van der Waals surface area contributed by atoms with E-state index in [1.54, 1.807) is 10.9 Å². The lowest BCUT2D eigenvalue weighted by atomic mass is 10.2. The maximum absolute atomic E-state index is 5.52. The van der Waals surface area contributed by atoms with Gasteiger partial charge in [-0.05, 0) is 19.3 Å². The van der Waals surface area contributed by atoms with Gasteiger partial charge >= 0.3 is 0 Å². The maximum atomic E-state index is 5.52. The number of nitrogens with one attached hydrogen (secondary N) is 1. The molecule has 5 heteroatoms. The Morgan fingerprint density at radius 3 is 3.29 bits per heavy atom. The van der Waals surface area contributed by atoms with Crippen LogP contribution >= 0.6 is 0 Å². The topological polar surface area (TPSA) is 52.0 Å². The number of nitrogens with zero attached hydrogens (tertiary/aromatic N) is 3. The van der Waals surface area contributed by atoms with Crippen LogP contribution in [-0.2, 0) is 11.8 Å². The molecule has 1 aromatic rings. The Morgan fingerprint density at radius 1 is 1.71 bits per heavy atom. The Kier molecular flexibility index (Phi) is 2.98. The lowest BCUT2D eigenvalue weighted by molar-refractivity contribution is 0.107. The van der Waals surface area contributed by atoms with Gasteiger partial charge in [-0.1, -0.05) is 5.21 Å². The highest BCUT2D eigenvalue weighted by Crippen LogP contribution is 2.15. The molecule has 0 amide bonds. The van der Waals surface area contributed by atoms with Crippen molar-refractivity contribution in [2.24, 2.45) is 7.05 Å². The third-order valence-electron chi connectivity index (χ3n) is 2.51. The lowest BCUT2D eigenvalue weighted by Gasteiger charge is -2.10. The summed E-state index contributed by atoms with van der Waals surface area (Å²) in [6, 6.07) is 0. The van der Waals surface area contributed by atoms with Gasteiger partial charge in [0.25, 0.3) is 0 Å². The van der Waals surface area contributed by atoms with Crippen LogP contribution < -0.4 is 5.32 Å². The van der Waals surface area contributed by atoms with E-state index < -0.39 is 0 Å². The molecular weight excluding hydrogens is 180 g/mol. The monoisotopic (exact) mass is 196 g/mol. The molecule has 0 aliphatic carbocycles. The van der Waals surface area contributed by atoms with Crippen molar-refractivity contribution in [1.82, 2.24) is 15.0 Å². The first-order chi connectivity index (χ1) is 6.86. The molecule has 1 unspecified atom stereocenters. The SMILES string of the molecule is Cn1nncc1NCCC1CCCO1. The Hall–Kier alpha value is -1.10. The molecule has 0 bridgehead atoms. The molecular formula is C9H16N4O. The van der Waals surface area contributed by atoms with Crippen LogP contribution in [0, 0.1) is 0 Å². The van der Waals surface area contributed by atoms with E-state index in [4.69, 9.17) is 4.74 Å². The minimum Gasteiger partial charge on any atom is -0.378 e. The molecule has 1 N–H and O–H groups in total. The van der Waals surface area contributed by atoms with Gasteiger partial charge in [-0.2, -0.15) is 0 Å². The highest BCUT2D eigenvalue weighted by Gasteiger charge is 2.14. The van der Waals surface area contributed by atoms with Crippen molar-refractivity contribution in [2.45, 2.75) is 25.4 Å². The van der Waals surface area contributed by atoms with Crippen molar-refractivity contribution < 1.29 is 4.74 Å². The van der Waals surface area contributed by atoms with Crippen molar-refractivity contribution in [1.29, 1.82) is 0 Å². The molecule has 78 valence electrons. The van der Waals surface area contributed by atoms with Crippen LogP contribution in [0.3, 0.4) is 0 Å². The molecule has 1 saturated heterocycles. The van der Waals surface area contributed by atoms with Gasteiger partial charge < -0.3 is 10.1 Å². The summed E-state index contributed by atoms with van der Waals surface area (Å²) in [5, 5.41) is 10.9. The largest absolute Gasteiger partial charge is 0.378 e. The van der Waals surface area contributed by atoms with E-state index in [1.165, 1.54) is 12.8 Å². The standard InChI is InChI=1S/C9H16N4O/c1-13-9(7-11-12-13)10-5-4-8-3-2-6-14-8/h7-8,10H,2-6H2,1H3. The number of hydrogen-bond acceptors (Lipinski definition) is 4. The maximum Gasteiger partial charge on any atom is 0.144 e. The fourth-order valence-corrected chi connectivity index (χ4v) is 1.68. The second-order valence-corrected chi connectivity index (χ2v) is 3.59. The zero-order chi connectivity index (χ0) is 9.80. The van der Waals surface area contributed by atoms with E-state index in [0.717, 1.165) is 25.4 Å². The van der Waals surface area contributed by atoms with E-state index in [9.17, 15) is 0 Å². The summed E-state index contributed by atoms with van der Waals surface area (Å²) in [7, 11) is 1.88. The van der Waals surface area contributed by atoms with Crippen molar-refractivity contribution in [2.75, 3.05) is 18.5 Å². The molecule has 1 aliphatic rings. The number of ether oxygens (including phenoxy) is 1. The molecule has 1 aliphatic heterocycles. The van der Waals surface area contributed by atoms with Gasteiger partial charge in [-0.25, -0.2) is 4.68 Å². The minimum absolute atomic E-state index is 0.448. The van der Waals surface area contributed by atoms with Gasteiger partial charge in [0.15, 0.2) is 0 Å². The summed E-state index contributed by atoms with van der Waals surface area (Å²) < 4.78 is 7.26. The van der Waals surface area contributed by atoms with Gasteiger partial charge in [-0.15, -0.1) is 5.10 Å². The first kappa shape index (κ1) is 9.45. The number of anilines is 1. The van der Waals surface area contributed by atoms with Crippen LogP contribution in [-0.4, -0.2) is 34.2 Å². The van der Waals surface area contributed by atoms with Gasteiger partial charge in [0.2, 0.25) is 0 Å². The highest BCUT2D eigenvalue weighted by molar-refractivity contribution is 5.30. The lowest BCUT2D eigenvalue weighted by Crippen LogP contribution is -2.13. The van der Waals surface area contributed by atoms with Crippen molar-refractivity contribution >= 4 is 5.82 Å².